The highest BCUT2D eigenvalue weighted by atomic mass is 32.1. The SMILES string of the molecule is Cc1noc(C)c1CN1CCC(NC(=O)c2csc(-c3ccccc3)n2)CCC1=O. The Morgan fingerprint density at radius 3 is 2.80 bits per heavy atom. The summed E-state index contributed by atoms with van der Waals surface area (Å²) in [6.07, 6.45) is 1.73. The maximum absolute atomic E-state index is 12.7. The Morgan fingerprint density at radius 1 is 1.27 bits per heavy atom. The molecule has 1 aliphatic rings. The number of carbonyl (C=O) groups is 2. The fourth-order valence-electron chi connectivity index (χ4n) is 3.62. The van der Waals surface area contributed by atoms with Crippen LogP contribution >= 0.6 is 11.3 Å². The summed E-state index contributed by atoms with van der Waals surface area (Å²) in [5.74, 6) is 0.643. The number of hydrogen-bond donors (Lipinski definition) is 1. The number of hydrogen-bond acceptors (Lipinski definition) is 6. The van der Waals surface area contributed by atoms with Gasteiger partial charge < -0.3 is 14.7 Å². The van der Waals surface area contributed by atoms with Crippen LogP contribution in [0.4, 0.5) is 0 Å². The summed E-state index contributed by atoms with van der Waals surface area (Å²) in [7, 11) is 0. The molecule has 1 unspecified atom stereocenters. The molecule has 156 valence electrons. The van der Waals surface area contributed by atoms with Crippen LogP contribution in [0, 0.1) is 13.8 Å². The molecule has 0 aliphatic carbocycles. The lowest BCUT2D eigenvalue weighted by Gasteiger charge is -2.21. The molecule has 1 aromatic carbocycles. The molecule has 0 saturated carbocycles. The molecule has 0 spiro atoms. The van der Waals surface area contributed by atoms with Gasteiger partial charge in [-0.15, -0.1) is 11.3 Å². The standard InChI is InChI=1S/C22H24N4O3S/c1-14-18(15(2)29-25-14)12-26-11-10-17(8-9-20(26)27)23-21(28)19-13-30-22(24-19)16-6-4-3-5-7-16/h3-7,13,17H,8-12H2,1-2H3,(H,23,28). The van der Waals surface area contributed by atoms with E-state index in [-0.39, 0.29) is 17.9 Å². The summed E-state index contributed by atoms with van der Waals surface area (Å²) in [4.78, 5) is 31.6. The number of nitrogens with zero attached hydrogens (tertiary/aromatic N) is 3. The maximum atomic E-state index is 12.7. The first-order chi connectivity index (χ1) is 14.5. The van der Waals surface area contributed by atoms with Gasteiger partial charge in [-0.25, -0.2) is 4.98 Å². The van der Waals surface area contributed by atoms with Crippen LogP contribution in [-0.2, 0) is 11.3 Å². The van der Waals surface area contributed by atoms with Crippen LogP contribution in [0.2, 0.25) is 0 Å². The Kier molecular flexibility index (Phi) is 5.94. The molecule has 1 saturated heterocycles. The molecule has 1 fully saturated rings. The summed E-state index contributed by atoms with van der Waals surface area (Å²) in [6.45, 7) is 4.82. The zero-order valence-electron chi connectivity index (χ0n) is 17.1. The van der Waals surface area contributed by atoms with Gasteiger partial charge in [0.15, 0.2) is 0 Å². The van der Waals surface area contributed by atoms with E-state index in [4.69, 9.17) is 4.52 Å². The molecule has 0 bridgehead atoms. The molecule has 1 aliphatic heterocycles. The topological polar surface area (TPSA) is 88.3 Å². The smallest absolute Gasteiger partial charge is 0.270 e. The third-order valence-corrected chi connectivity index (χ3v) is 6.32. The number of amides is 2. The Morgan fingerprint density at radius 2 is 2.07 bits per heavy atom. The predicted molar refractivity (Wildman–Crippen MR) is 114 cm³/mol. The number of aromatic nitrogens is 2. The largest absolute Gasteiger partial charge is 0.361 e. The van der Waals surface area contributed by atoms with E-state index in [0.29, 0.717) is 38.0 Å². The van der Waals surface area contributed by atoms with Crippen molar-refractivity contribution in [1.82, 2.24) is 20.4 Å². The fraction of sp³-hybridized carbons (Fsp3) is 0.364. The number of carbonyl (C=O) groups excluding carboxylic acids is 2. The summed E-state index contributed by atoms with van der Waals surface area (Å²) < 4.78 is 5.21. The first-order valence-corrected chi connectivity index (χ1v) is 10.9. The van der Waals surface area contributed by atoms with Crippen molar-refractivity contribution in [2.24, 2.45) is 0 Å². The Bertz CT molecular complexity index is 1020. The Labute approximate surface area is 179 Å². The lowest BCUT2D eigenvalue weighted by molar-refractivity contribution is -0.131. The van der Waals surface area contributed by atoms with Crippen LogP contribution in [0.3, 0.4) is 0 Å². The molecule has 2 amide bonds. The molecular formula is C22H24N4O3S. The first kappa shape index (κ1) is 20.3. The van der Waals surface area contributed by atoms with E-state index in [1.54, 1.807) is 5.38 Å². The van der Waals surface area contributed by atoms with Gasteiger partial charge in [-0.1, -0.05) is 35.5 Å². The van der Waals surface area contributed by atoms with Gasteiger partial charge >= 0.3 is 0 Å². The van der Waals surface area contributed by atoms with E-state index in [2.05, 4.69) is 15.5 Å². The van der Waals surface area contributed by atoms with Crippen LogP contribution in [0.25, 0.3) is 10.6 Å². The molecular weight excluding hydrogens is 400 g/mol. The molecule has 1 atom stereocenters. The number of benzene rings is 1. The van der Waals surface area contributed by atoms with E-state index in [9.17, 15) is 9.59 Å². The zero-order valence-corrected chi connectivity index (χ0v) is 17.9. The quantitative estimate of drug-likeness (QED) is 0.674. The lowest BCUT2D eigenvalue weighted by atomic mass is 10.1. The second-order valence-corrected chi connectivity index (χ2v) is 8.38. The number of likely N-dealkylation sites (tertiary alicyclic amines) is 1. The number of aryl methyl sites for hydroxylation is 2. The zero-order chi connectivity index (χ0) is 21.1. The van der Waals surface area contributed by atoms with Crippen LogP contribution in [0.15, 0.2) is 40.2 Å². The Hall–Kier alpha value is -3.00. The second-order valence-electron chi connectivity index (χ2n) is 7.52. The van der Waals surface area contributed by atoms with Gasteiger partial charge in [0.2, 0.25) is 5.91 Å². The van der Waals surface area contributed by atoms with Gasteiger partial charge in [0.25, 0.3) is 5.91 Å². The first-order valence-electron chi connectivity index (χ1n) is 10.0. The van der Waals surface area contributed by atoms with Crippen molar-refractivity contribution in [1.29, 1.82) is 0 Å². The minimum atomic E-state index is -0.190. The second kappa shape index (κ2) is 8.79. The molecule has 0 radical (unpaired) electrons. The van der Waals surface area contributed by atoms with Crippen molar-refractivity contribution < 1.29 is 14.1 Å². The molecule has 3 heterocycles. The normalized spacial score (nSPS) is 17.1. The van der Waals surface area contributed by atoms with Gasteiger partial charge in [0, 0.05) is 35.5 Å². The molecule has 1 N–H and O–H groups in total. The van der Waals surface area contributed by atoms with Gasteiger partial charge in [-0.05, 0) is 26.7 Å². The van der Waals surface area contributed by atoms with Gasteiger partial charge in [-0.3, -0.25) is 9.59 Å². The van der Waals surface area contributed by atoms with Crippen LogP contribution in [0.1, 0.15) is 46.8 Å². The molecule has 30 heavy (non-hydrogen) atoms. The highest BCUT2D eigenvalue weighted by Crippen LogP contribution is 2.24. The Balaban J connectivity index is 1.37. The monoisotopic (exact) mass is 424 g/mol. The summed E-state index contributed by atoms with van der Waals surface area (Å²) in [5, 5.41) is 9.63. The molecule has 8 heteroatoms. The van der Waals surface area contributed by atoms with E-state index in [1.807, 2.05) is 49.1 Å². The summed E-state index contributed by atoms with van der Waals surface area (Å²) in [6, 6.07) is 9.75. The van der Waals surface area contributed by atoms with Crippen LogP contribution in [0.5, 0.6) is 0 Å². The van der Waals surface area contributed by atoms with Crippen molar-refractivity contribution in [3.63, 3.8) is 0 Å². The van der Waals surface area contributed by atoms with E-state index < -0.39 is 0 Å². The summed E-state index contributed by atoms with van der Waals surface area (Å²) in [5.41, 5.74) is 3.19. The summed E-state index contributed by atoms with van der Waals surface area (Å²) >= 11 is 1.45. The lowest BCUT2D eigenvalue weighted by Crippen LogP contribution is -2.36. The van der Waals surface area contributed by atoms with Crippen molar-refractivity contribution in [2.75, 3.05) is 6.54 Å². The maximum Gasteiger partial charge on any atom is 0.270 e. The van der Waals surface area contributed by atoms with Crippen molar-refractivity contribution in [3.05, 3.63) is 58.4 Å². The van der Waals surface area contributed by atoms with Gasteiger partial charge in [0.1, 0.15) is 16.5 Å². The average Bonchev–Trinajstić information content (AvgIpc) is 3.32. The van der Waals surface area contributed by atoms with Crippen LogP contribution < -0.4 is 5.32 Å². The van der Waals surface area contributed by atoms with E-state index in [0.717, 1.165) is 27.6 Å². The van der Waals surface area contributed by atoms with Crippen molar-refractivity contribution in [2.45, 2.75) is 45.7 Å². The minimum absolute atomic E-state index is 0.0574. The fourth-order valence-corrected chi connectivity index (χ4v) is 4.42. The molecule has 4 rings (SSSR count). The van der Waals surface area contributed by atoms with E-state index >= 15 is 0 Å². The minimum Gasteiger partial charge on any atom is -0.361 e. The highest BCUT2D eigenvalue weighted by molar-refractivity contribution is 7.13. The molecule has 2 aromatic heterocycles. The van der Waals surface area contributed by atoms with Crippen molar-refractivity contribution in [3.8, 4) is 10.6 Å². The van der Waals surface area contributed by atoms with Crippen molar-refractivity contribution >= 4 is 23.2 Å². The predicted octanol–water partition coefficient (Wildman–Crippen LogP) is 3.73. The van der Waals surface area contributed by atoms with Crippen LogP contribution in [-0.4, -0.2) is 39.4 Å². The number of nitrogens with one attached hydrogen (secondary N) is 1. The molecule has 3 aromatic rings. The van der Waals surface area contributed by atoms with Gasteiger partial charge in [0.05, 0.1) is 12.2 Å². The third-order valence-electron chi connectivity index (χ3n) is 5.43. The van der Waals surface area contributed by atoms with E-state index in [1.165, 1.54) is 11.3 Å². The highest BCUT2D eigenvalue weighted by Gasteiger charge is 2.26. The van der Waals surface area contributed by atoms with Gasteiger partial charge in [-0.2, -0.15) is 0 Å². The third kappa shape index (κ3) is 4.43. The average molecular weight is 425 g/mol. The number of rotatable bonds is 5. The molecule has 7 nitrogen and oxygen atoms in total. The number of thiazole rings is 1.